The number of benzene rings is 2. The summed E-state index contributed by atoms with van der Waals surface area (Å²) < 4.78 is 5.71. The largest absolute Gasteiger partial charge is 0.384 e. The molecule has 0 saturated carbocycles. The molecule has 0 spiro atoms. The molecule has 2 aromatic carbocycles. The van der Waals surface area contributed by atoms with Crippen molar-refractivity contribution in [2.45, 2.75) is 18.4 Å². The summed E-state index contributed by atoms with van der Waals surface area (Å²) >= 11 is 12.3. The molecule has 0 radical (unpaired) electrons. The first kappa shape index (κ1) is 19.5. The molecular weight excluding hydrogens is 397 g/mol. The summed E-state index contributed by atoms with van der Waals surface area (Å²) in [5.41, 5.74) is 3.02. The molecule has 2 aliphatic heterocycles. The highest BCUT2D eigenvalue weighted by Crippen LogP contribution is 2.35. The Kier molecular flexibility index (Phi) is 6.07. The summed E-state index contributed by atoms with van der Waals surface area (Å²) in [6.07, 6.45) is 0.949. The highest BCUT2D eigenvalue weighted by molar-refractivity contribution is 6.39. The third-order valence-corrected chi connectivity index (χ3v) is 6.05. The van der Waals surface area contributed by atoms with Gasteiger partial charge in [-0.1, -0.05) is 47.5 Å². The zero-order valence-electron chi connectivity index (χ0n) is 15.5. The highest BCUT2D eigenvalue weighted by atomic mass is 35.5. The van der Waals surface area contributed by atoms with Gasteiger partial charge < -0.3 is 15.4 Å². The van der Waals surface area contributed by atoms with E-state index < -0.39 is 0 Å². The second kappa shape index (κ2) is 8.70. The Bertz CT molecular complexity index is 841. The van der Waals surface area contributed by atoms with Crippen LogP contribution in [0.25, 0.3) is 0 Å². The topological polar surface area (TPSA) is 53.6 Å². The summed E-state index contributed by atoms with van der Waals surface area (Å²) in [6.45, 7) is 3.22. The van der Waals surface area contributed by atoms with Gasteiger partial charge in [0.05, 0.1) is 35.5 Å². The van der Waals surface area contributed by atoms with Crippen molar-refractivity contribution < 1.29 is 9.53 Å². The maximum absolute atomic E-state index is 12.6. The Balaban J connectivity index is 1.41. The van der Waals surface area contributed by atoms with Crippen LogP contribution in [0.3, 0.4) is 0 Å². The Morgan fingerprint density at radius 3 is 2.79 bits per heavy atom. The predicted octanol–water partition coefficient (Wildman–Crippen LogP) is 4.23. The van der Waals surface area contributed by atoms with Crippen molar-refractivity contribution in [3.05, 3.63) is 58.1 Å². The summed E-state index contributed by atoms with van der Waals surface area (Å²) in [6, 6.07) is 13.8. The van der Waals surface area contributed by atoms with Gasteiger partial charge in [0.25, 0.3) is 0 Å². The quantitative estimate of drug-likeness (QED) is 0.760. The van der Waals surface area contributed by atoms with Crippen LogP contribution in [0.2, 0.25) is 10.0 Å². The van der Waals surface area contributed by atoms with Crippen LogP contribution >= 0.6 is 23.2 Å². The van der Waals surface area contributed by atoms with E-state index in [9.17, 15) is 4.79 Å². The summed E-state index contributed by atoms with van der Waals surface area (Å²) in [5.74, 6) is 0.304. The first-order valence-corrected chi connectivity index (χ1v) is 10.3. The lowest BCUT2D eigenvalue weighted by atomic mass is 9.93. The van der Waals surface area contributed by atoms with Crippen molar-refractivity contribution in [3.63, 3.8) is 0 Å². The third-order valence-electron chi connectivity index (χ3n) is 5.42. The fraction of sp³-hybridized carbons (Fsp3) is 0.381. The molecule has 2 aromatic rings. The standard InChI is InChI=1S/C21H23Cl2N3O2/c22-17-5-3-6-18(23)21(17)25-20(27)12-26-8-9-28-13-15(26)10-14-11-24-19-7-2-1-4-16(14)19/h1-7,14-15,24H,8-13H2,(H,25,27). The number of nitrogens with zero attached hydrogens (tertiary/aromatic N) is 1. The number of halogens is 2. The van der Waals surface area contributed by atoms with Gasteiger partial charge in [-0.05, 0) is 30.2 Å². The molecular formula is C21H23Cl2N3O2. The van der Waals surface area contributed by atoms with Crippen LogP contribution in [0.15, 0.2) is 42.5 Å². The van der Waals surface area contributed by atoms with Crippen molar-refractivity contribution in [2.75, 3.05) is 43.5 Å². The van der Waals surface area contributed by atoms with E-state index >= 15 is 0 Å². The average Bonchev–Trinajstić information content (AvgIpc) is 3.09. The minimum Gasteiger partial charge on any atom is -0.384 e. The van der Waals surface area contributed by atoms with Crippen LogP contribution in [-0.2, 0) is 9.53 Å². The van der Waals surface area contributed by atoms with Crippen molar-refractivity contribution in [1.82, 2.24) is 4.90 Å². The van der Waals surface area contributed by atoms with Crippen molar-refractivity contribution in [3.8, 4) is 0 Å². The summed E-state index contributed by atoms with van der Waals surface area (Å²) in [7, 11) is 0. The number of nitrogens with one attached hydrogen (secondary N) is 2. The molecule has 1 saturated heterocycles. The van der Waals surface area contributed by atoms with Crippen LogP contribution in [0, 0.1) is 0 Å². The Labute approximate surface area is 175 Å². The number of hydrogen-bond donors (Lipinski definition) is 2. The Hall–Kier alpha value is -1.79. The molecule has 7 heteroatoms. The van der Waals surface area contributed by atoms with Gasteiger partial charge in [-0.25, -0.2) is 0 Å². The zero-order valence-corrected chi connectivity index (χ0v) is 17.0. The molecule has 5 nitrogen and oxygen atoms in total. The second-order valence-electron chi connectivity index (χ2n) is 7.24. The van der Waals surface area contributed by atoms with E-state index in [1.807, 2.05) is 0 Å². The molecule has 2 atom stereocenters. The molecule has 1 amide bonds. The highest BCUT2D eigenvalue weighted by Gasteiger charge is 2.31. The first-order valence-electron chi connectivity index (χ1n) is 9.50. The Morgan fingerprint density at radius 2 is 1.96 bits per heavy atom. The fourth-order valence-corrected chi connectivity index (χ4v) is 4.48. The number of fused-ring (bicyclic) bond motifs is 1. The predicted molar refractivity (Wildman–Crippen MR) is 114 cm³/mol. The molecule has 0 aromatic heterocycles. The molecule has 0 bridgehead atoms. The number of hydrogen-bond acceptors (Lipinski definition) is 4. The van der Waals surface area contributed by atoms with E-state index in [0.717, 1.165) is 19.5 Å². The number of morpholine rings is 1. The van der Waals surface area contributed by atoms with Gasteiger partial charge in [-0.15, -0.1) is 0 Å². The molecule has 2 heterocycles. The van der Waals surface area contributed by atoms with Gasteiger partial charge in [0, 0.05) is 30.7 Å². The van der Waals surface area contributed by atoms with Gasteiger partial charge in [-0.3, -0.25) is 9.69 Å². The SMILES string of the molecule is O=C(CN1CCOCC1CC1CNc2ccccc21)Nc1c(Cl)cccc1Cl. The van der Waals surface area contributed by atoms with E-state index in [1.165, 1.54) is 11.3 Å². The number of anilines is 2. The minimum absolute atomic E-state index is 0.119. The van der Waals surface area contributed by atoms with E-state index in [0.29, 0.717) is 34.9 Å². The fourth-order valence-electron chi connectivity index (χ4n) is 3.99. The smallest absolute Gasteiger partial charge is 0.238 e. The van der Waals surface area contributed by atoms with Gasteiger partial charge >= 0.3 is 0 Å². The maximum atomic E-state index is 12.6. The van der Waals surface area contributed by atoms with E-state index in [1.54, 1.807) is 18.2 Å². The molecule has 2 N–H and O–H groups in total. The number of para-hydroxylation sites is 2. The molecule has 4 rings (SSSR count). The van der Waals surface area contributed by atoms with Crippen molar-refractivity contribution in [1.29, 1.82) is 0 Å². The molecule has 1 fully saturated rings. The maximum Gasteiger partial charge on any atom is 0.238 e. The van der Waals surface area contributed by atoms with Crippen LogP contribution in [0.1, 0.15) is 17.9 Å². The van der Waals surface area contributed by atoms with Crippen LogP contribution < -0.4 is 10.6 Å². The van der Waals surface area contributed by atoms with E-state index in [-0.39, 0.29) is 18.5 Å². The summed E-state index contributed by atoms with van der Waals surface area (Å²) in [4.78, 5) is 14.8. The normalized spacial score (nSPS) is 21.8. The number of carbonyl (C=O) groups is 1. The van der Waals surface area contributed by atoms with Gasteiger partial charge in [-0.2, -0.15) is 0 Å². The lowest BCUT2D eigenvalue weighted by Gasteiger charge is -2.36. The van der Waals surface area contributed by atoms with Crippen molar-refractivity contribution in [2.24, 2.45) is 0 Å². The van der Waals surface area contributed by atoms with Crippen LogP contribution in [0.5, 0.6) is 0 Å². The van der Waals surface area contributed by atoms with Gasteiger partial charge in [0.1, 0.15) is 0 Å². The molecule has 148 valence electrons. The average molecular weight is 420 g/mol. The lowest BCUT2D eigenvalue weighted by Crippen LogP contribution is -2.49. The minimum atomic E-state index is -0.119. The molecule has 28 heavy (non-hydrogen) atoms. The third kappa shape index (κ3) is 4.28. The van der Waals surface area contributed by atoms with Crippen LogP contribution in [-0.4, -0.2) is 49.7 Å². The Morgan fingerprint density at radius 1 is 1.18 bits per heavy atom. The van der Waals surface area contributed by atoms with Gasteiger partial charge in [0.2, 0.25) is 5.91 Å². The van der Waals surface area contributed by atoms with Gasteiger partial charge in [0.15, 0.2) is 0 Å². The molecule has 0 aliphatic carbocycles. The molecule has 2 aliphatic rings. The molecule has 2 unspecified atom stereocenters. The van der Waals surface area contributed by atoms with E-state index in [4.69, 9.17) is 27.9 Å². The first-order chi connectivity index (χ1) is 13.6. The number of ether oxygens (including phenoxy) is 1. The number of carbonyl (C=O) groups excluding carboxylic acids is 1. The summed E-state index contributed by atoms with van der Waals surface area (Å²) in [5, 5.41) is 7.21. The number of amides is 1. The number of rotatable bonds is 5. The van der Waals surface area contributed by atoms with Crippen LogP contribution in [0.4, 0.5) is 11.4 Å². The zero-order chi connectivity index (χ0) is 19.5. The lowest BCUT2D eigenvalue weighted by molar-refractivity contribution is -0.119. The van der Waals surface area contributed by atoms with E-state index in [2.05, 4.69) is 39.8 Å². The van der Waals surface area contributed by atoms with Crippen molar-refractivity contribution >= 4 is 40.5 Å². The second-order valence-corrected chi connectivity index (χ2v) is 8.06. The monoisotopic (exact) mass is 419 g/mol.